The van der Waals surface area contributed by atoms with E-state index in [1.165, 1.54) is 12.7 Å². The average molecular weight is 358 g/mol. The molecule has 0 bridgehead atoms. The molecule has 2 aromatic heterocycles. The van der Waals surface area contributed by atoms with Gasteiger partial charge in [-0.15, -0.1) is 0 Å². The van der Waals surface area contributed by atoms with E-state index in [4.69, 9.17) is 4.74 Å². The van der Waals surface area contributed by atoms with Crippen molar-refractivity contribution >= 4 is 9.84 Å². The van der Waals surface area contributed by atoms with Crippen LogP contribution in [-0.4, -0.2) is 31.2 Å². The molecule has 132 valence electrons. The smallest absolute Gasteiger partial charge is 0.217 e. The normalized spacial score (nSPS) is 17.2. The van der Waals surface area contributed by atoms with Crippen molar-refractivity contribution in [1.29, 1.82) is 0 Å². The molecule has 4 rings (SSSR count). The minimum absolute atomic E-state index is 0.227. The molecule has 5 nitrogen and oxygen atoms in total. The number of aromatic nitrogens is 2. The van der Waals surface area contributed by atoms with Gasteiger partial charge < -0.3 is 4.74 Å². The van der Waals surface area contributed by atoms with E-state index in [-0.39, 0.29) is 5.03 Å². The molecule has 0 fully saturated rings. The summed E-state index contributed by atoms with van der Waals surface area (Å²) in [5.74, 6) is 0.645. The largest absolute Gasteiger partial charge is 0.477 e. The van der Waals surface area contributed by atoms with Gasteiger partial charge in [0.25, 0.3) is 0 Å². The number of aryl methyl sites for hydroxylation is 1. The Morgan fingerprint density at radius 1 is 0.920 bits per heavy atom. The van der Waals surface area contributed by atoms with Crippen LogP contribution in [0.5, 0.6) is 5.88 Å². The average Bonchev–Trinajstić information content (AvgIpc) is 3.01. The third kappa shape index (κ3) is 3.27. The van der Waals surface area contributed by atoms with Crippen LogP contribution in [0.2, 0.25) is 0 Å². The zero-order valence-corrected chi connectivity index (χ0v) is 15.2. The highest BCUT2D eigenvalue weighted by molar-refractivity contribution is 7.90. The van der Waals surface area contributed by atoms with E-state index < -0.39 is 9.84 Å². The molecule has 25 heavy (non-hydrogen) atoms. The van der Waals surface area contributed by atoms with Gasteiger partial charge in [0.1, 0.15) is 0 Å². The van der Waals surface area contributed by atoms with Gasteiger partial charge in [0, 0.05) is 18.2 Å². The van der Waals surface area contributed by atoms with E-state index in [0.717, 1.165) is 55.2 Å². The maximum atomic E-state index is 12.4. The second-order valence-corrected chi connectivity index (χ2v) is 8.83. The number of nitrogens with zero attached hydrogens (tertiary/aromatic N) is 2. The Balaban J connectivity index is 1.87. The van der Waals surface area contributed by atoms with E-state index in [9.17, 15) is 8.42 Å². The molecule has 0 atom stereocenters. The fourth-order valence-corrected chi connectivity index (χ4v) is 4.63. The van der Waals surface area contributed by atoms with Crippen molar-refractivity contribution in [3.63, 3.8) is 0 Å². The predicted molar refractivity (Wildman–Crippen MR) is 95.7 cm³/mol. The Morgan fingerprint density at radius 3 is 2.52 bits per heavy atom. The Kier molecular flexibility index (Phi) is 4.23. The van der Waals surface area contributed by atoms with E-state index in [1.807, 2.05) is 18.2 Å². The SMILES string of the molecule is CS(=O)(=O)c1nc(-c2ccc3c(n2)OCC3)cc2c1CCCCCC2. The van der Waals surface area contributed by atoms with Crippen molar-refractivity contribution in [1.82, 2.24) is 9.97 Å². The topological polar surface area (TPSA) is 69.2 Å². The van der Waals surface area contributed by atoms with E-state index >= 15 is 0 Å². The van der Waals surface area contributed by atoms with Crippen LogP contribution in [0.4, 0.5) is 0 Å². The van der Waals surface area contributed by atoms with Gasteiger partial charge in [0.05, 0.1) is 18.0 Å². The molecule has 0 radical (unpaired) electrons. The summed E-state index contributed by atoms with van der Waals surface area (Å²) in [5, 5.41) is 0.227. The number of fused-ring (bicyclic) bond motifs is 2. The lowest BCUT2D eigenvalue weighted by Gasteiger charge is -2.18. The molecule has 1 aliphatic carbocycles. The molecule has 0 amide bonds. The van der Waals surface area contributed by atoms with Crippen LogP contribution in [0.15, 0.2) is 23.2 Å². The summed E-state index contributed by atoms with van der Waals surface area (Å²) < 4.78 is 30.3. The van der Waals surface area contributed by atoms with Gasteiger partial charge in [-0.05, 0) is 48.9 Å². The summed E-state index contributed by atoms with van der Waals surface area (Å²) in [5.41, 5.74) is 4.41. The van der Waals surface area contributed by atoms with Crippen LogP contribution in [0, 0.1) is 0 Å². The van der Waals surface area contributed by atoms with Gasteiger partial charge in [0.15, 0.2) is 14.9 Å². The van der Waals surface area contributed by atoms with Gasteiger partial charge in [-0.3, -0.25) is 0 Å². The minimum Gasteiger partial charge on any atom is -0.477 e. The second-order valence-electron chi connectivity index (χ2n) is 6.90. The number of rotatable bonds is 2. The highest BCUT2D eigenvalue weighted by Gasteiger charge is 2.23. The first kappa shape index (κ1) is 16.5. The maximum Gasteiger partial charge on any atom is 0.217 e. The van der Waals surface area contributed by atoms with Crippen molar-refractivity contribution in [3.8, 4) is 17.3 Å². The maximum absolute atomic E-state index is 12.4. The van der Waals surface area contributed by atoms with Crippen molar-refractivity contribution in [2.45, 2.75) is 50.0 Å². The Hall–Kier alpha value is -1.95. The second kappa shape index (κ2) is 6.41. The molecule has 0 aromatic carbocycles. The summed E-state index contributed by atoms with van der Waals surface area (Å²) in [6.45, 7) is 0.651. The molecule has 0 unspecified atom stereocenters. The Labute approximate surface area is 148 Å². The molecule has 0 N–H and O–H groups in total. The van der Waals surface area contributed by atoms with Crippen molar-refractivity contribution in [3.05, 3.63) is 34.9 Å². The molecule has 2 aromatic rings. The van der Waals surface area contributed by atoms with Crippen LogP contribution in [0.1, 0.15) is 42.4 Å². The Bertz CT molecular complexity index is 923. The molecule has 0 saturated carbocycles. The summed E-state index contributed by atoms with van der Waals surface area (Å²) in [6, 6.07) is 5.94. The lowest BCUT2D eigenvalue weighted by molar-refractivity contribution is 0.345. The quantitative estimate of drug-likeness (QED) is 0.825. The molecule has 6 heteroatoms. The Morgan fingerprint density at radius 2 is 1.72 bits per heavy atom. The zero-order chi connectivity index (χ0) is 17.4. The summed E-state index contributed by atoms with van der Waals surface area (Å²) in [4.78, 5) is 9.08. The summed E-state index contributed by atoms with van der Waals surface area (Å²) >= 11 is 0. The number of hydrogen-bond acceptors (Lipinski definition) is 5. The number of sulfone groups is 1. The third-order valence-corrected chi connectivity index (χ3v) is 6.00. The van der Waals surface area contributed by atoms with Crippen LogP contribution >= 0.6 is 0 Å². The molecule has 0 saturated heterocycles. The molecular formula is C19H22N2O3S. The third-order valence-electron chi connectivity index (χ3n) is 4.96. The molecule has 3 heterocycles. The standard InChI is InChI=1S/C19H22N2O3S/c1-25(22,23)19-15-7-5-3-2-4-6-14(15)12-17(21-19)16-9-8-13-10-11-24-18(13)20-16/h8-9,12H,2-7,10-11H2,1H3. The van der Waals surface area contributed by atoms with Crippen molar-refractivity contribution in [2.24, 2.45) is 0 Å². The first-order valence-electron chi connectivity index (χ1n) is 8.88. The van der Waals surface area contributed by atoms with Gasteiger partial charge in [-0.25, -0.2) is 18.4 Å². The van der Waals surface area contributed by atoms with E-state index in [0.29, 0.717) is 23.9 Å². The number of pyridine rings is 2. The van der Waals surface area contributed by atoms with E-state index in [2.05, 4.69) is 9.97 Å². The molecule has 2 aliphatic rings. The first-order chi connectivity index (χ1) is 12.0. The summed E-state index contributed by atoms with van der Waals surface area (Å²) in [6.07, 6.45) is 8.24. The fraction of sp³-hybridized carbons (Fsp3) is 0.474. The monoisotopic (exact) mass is 358 g/mol. The fourth-order valence-electron chi connectivity index (χ4n) is 3.68. The van der Waals surface area contributed by atoms with Crippen LogP contribution < -0.4 is 4.74 Å². The van der Waals surface area contributed by atoms with Crippen molar-refractivity contribution in [2.75, 3.05) is 12.9 Å². The van der Waals surface area contributed by atoms with Gasteiger partial charge in [-0.2, -0.15) is 0 Å². The highest BCUT2D eigenvalue weighted by Crippen LogP contribution is 2.31. The minimum atomic E-state index is -3.38. The first-order valence-corrected chi connectivity index (χ1v) is 10.8. The predicted octanol–water partition coefficient (Wildman–Crippen LogP) is 3.14. The van der Waals surface area contributed by atoms with Crippen LogP contribution in [0.25, 0.3) is 11.4 Å². The van der Waals surface area contributed by atoms with Gasteiger partial charge in [-0.1, -0.05) is 18.9 Å². The lowest BCUT2D eigenvalue weighted by atomic mass is 9.94. The number of hydrogen-bond donors (Lipinski definition) is 0. The van der Waals surface area contributed by atoms with Crippen LogP contribution in [0.3, 0.4) is 0 Å². The van der Waals surface area contributed by atoms with Crippen molar-refractivity contribution < 1.29 is 13.2 Å². The van der Waals surface area contributed by atoms with Gasteiger partial charge in [0.2, 0.25) is 5.88 Å². The number of ether oxygens (including phenoxy) is 1. The molecular weight excluding hydrogens is 336 g/mol. The zero-order valence-electron chi connectivity index (χ0n) is 14.4. The molecule has 1 aliphatic heterocycles. The highest BCUT2D eigenvalue weighted by atomic mass is 32.2. The summed E-state index contributed by atoms with van der Waals surface area (Å²) in [7, 11) is -3.38. The van der Waals surface area contributed by atoms with Crippen LogP contribution in [-0.2, 0) is 29.1 Å². The van der Waals surface area contributed by atoms with E-state index in [1.54, 1.807) is 0 Å². The molecule has 0 spiro atoms. The lowest BCUT2D eigenvalue weighted by Crippen LogP contribution is -2.12. The van der Waals surface area contributed by atoms with Gasteiger partial charge >= 0.3 is 0 Å².